The highest BCUT2D eigenvalue weighted by molar-refractivity contribution is 7.09. The molecule has 0 aromatic carbocycles. The van der Waals surface area contributed by atoms with Gasteiger partial charge in [-0.2, -0.15) is 0 Å². The lowest BCUT2D eigenvalue weighted by Crippen LogP contribution is -2.34. The van der Waals surface area contributed by atoms with Crippen LogP contribution in [0.2, 0.25) is 0 Å². The Bertz CT molecular complexity index is 310. The summed E-state index contributed by atoms with van der Waals surface area (Å²) in [5, 5.41) is 8.71. The molecule has 0 fully saturated rings. The van der Waals surface area contributed by atoms with Crippen molar-refractivity contribution in [3.05, 3.63) is 16.1 Å². The van der Waals surface area contributed by atoms with Crippen molar-refractivity contribution in [3.8, 4) is 0 Å². The number of fused-ring (bicyclic) bond motifs is 1. The van der Waals surface area contributed by atoms with E-state index in [0.717, 1.165) is 17.0 Å². The standard InChI is InChI=1S/C7H8N2O2S/c10-7(11)9-2-1-5-6(3-9)12-4-8-5/h4H,1-3H2,(H,10,11). The summed E-state index contributed by atoms with van der Waals surface area (Å²) < 4.78 is 0. The molecule has 1 amide bonds. The first-order valence-electron chi connectivity index (χ1n) is 3.66. The first kappa shape index (κ1) is 7.54. The highest BCUT2D eigenvalue weighted by Crippen LogP contribution is 2.21. The number of aromatic nitrogens is 1. The number of thiazole rings is 1. The fourth-order valence-electron chi connectivity index (χ4n) is 1.28. The first-order chi connectivity index (χ1) is 5.77. The third-order valence-electron chi connectivity index (χ3n) is 1.95. The van der Waals surface area contributed by atoms with Crippen molar-refractivity contribution in [3.63, 3.8) is 0 Å². The summed E-state index contributed by atoms with van der Waals surface area (Å²) >= 11 is 1.53. The van der Waals surface area contributed by atoms with E-state index in [1.165, 1.54) is 16.2 Å². The lowest BCUT2D eigenvalue weighted by Gasteiger charge is -2.22. The van der Waals surface area contributed by atoms with Crippen molar-refractivity contribution in [2.45, 2.75) is 13.0 Å². The second-order valence-electron chi connectivity index (χ2n) is 2.68. The zero-order chi connectivity index (χ0) is 8.55. The molecule has 2 rings (SSSR count). The number of hydrogen-bond acceptors (Lipinski definition) is 3. The van der Waals surface area contributed by atoms with Gasteiger partial charge in [0.15, 0.2) is 0 Å². The van der Waals surface area contributed by atoms with Crippen molar-refractivity contribution in [1.82, 2.24) is 9.88 Å². The second kappa shape index (κ2) is 2.75. The van der Waals surface area contributed by atoms with Crippen LogP contribution in [0, 0.1) is 0 Å². The van der Waals surface area contributed by atoms with Crippen LogP contribution in [0.5, 0.6) is 0 Å². The van der Waals surface area contributed by atoms with Crippen molar-refractivity contribution < 1.29 is 9.90 Å². The first-order valence-corrected chi connectivity index (χ1v) is 4.54. The van der Waals surface area contributed by atoms with Gasteiger partial charge in [0.1, 0.15) is 0 Å². The normalized spacial score (nSPS) is 15.8. The molecule has 1 N–H and O–H groups in total. The van der Waals surface area contributed by atoms with E-state index in [2.05, 4.69) is 4.98 Å². The average Bonchev–Trinajstić information content (AvgIpc) is 2.49. The fraction of sp³-hybridized carbons (Fsp3) is 0.429. The number of amides is 1. The van der Waals surface area contributed by atoms with Gasteiger partial charge >= 0.3 is 6.09 Å². The van der Waals surface area contributed by atoms with Gasteiger partial charge in [0.2, 0.25) is 0 Å². The monoisotopic (exact) mass is 184 g/mol. The zero-order valence-electron chi connectivity index (χ0n) is 6.36. The van der Waals surface area contributed by atoms with Gasteiger partial charge < -0.3 is 10.0 Å². The van der Waals surface area contributed by atoms with Gasteiger partial charge in [0, 0.05) is 17.8 Å². The highest BCUT2D eigenvalue weighted by atomic mass is 32.1. The maximum Gasteiger partial charge on any atom is 0.407 e. The summed E-state index contributed by atoms with van der Waals surface area (Å²) in [7, 11) is 0. The predicted octanol–water partition coefficient (Wildman–Crippen LogP) is 1.18. The predicted molar refractivity (Wildman–Crippen MR) is 44.3 cm³/mol. The van der Waals surface area contributed by atoms with Crippen LogP contribution in [0.15, 0.2) is 5.51 Å². The molecule has 64 valence electrons. The third-order valence-corrected chi connectivity index (χ3v) is 2.81. The molecule has 0 unspecified atom stereocenters. The van der Waals surface area contributed by atoms with Crippen LogP contribution in [0.3, 0.4) is 0 Å². The summed E-state index contributed by atoms with van der Waals surface area (Å²) in [6, 6.07) is 0. The van der Waals surface area contributed by atoms with E-state index in [1.54, 1.807) is 5.51 Å². The molecule has 1 aromatic heterocycles. The van der Waals surface area contributed by atoms with Crippen molar-refractivity contribution >= 4 is 17.4 Å². The summed E-state index contributed by atoms with van der Waals surface area (Å²) in [5.41, 5.74) is 2.84. The summed E-state index contributed by atoms with van der Waals surface area (Å²) in [6.07, 6.45) is -0.0838. The Morgan fingerprint density at radius 1 is 1.75 bits per heavy atom. The topological polar surface area (TPSA) is 53.4 Å². The van der Waals surface area contributed by atoms with Gasteiger partial charge in [-0.3, -0.25) is 0 Å². The Morgan fingerprint density at radius 2 is 2.58 bits per heavy atom. The molecule has 0 atom stereocenters. The zero-order valence-corrected chi connectivity index (χ0v) is 7.17. The van der Waals surface area contributed by atoms with Crippen molar-refractivity contribution in [2.75, 3.05) is 6.54 Å². The van der Waals surface area contributed by atoms with Crippen LogP contribution in [-0.2, 0) is 13.0 Å². The van der Waals surface area contributed by atoms with Crippen LogP contribution in [0.25, 0.3) is 0 Å². The molecule has 12 heavy (non-hydrogen) atoms. The van der Waals surface area contributed by atoms with Crippen LogP contribution >= 0.6 is 11.3 Å². The van der Waals surface area contributed by atoms with Gasteiger partial charge in [-0.05, 0) is 0 Å². The molecule has 0 aliphatic carbocycles. The number of carboxylic acid groups (broad SMARTS) is 1. The number of hydrogen-bond donors (Lipinski definition) is 1. The molecule has 4 nitrogen and oxygen atoms in total. The number of nitrogens with zero attached hydrogens (tertiary/aromatic N) is 2. The number of carbonyl (C=O) groups is 1. The molecule has 0 radical (unpaired) electrons. The molecule has 5 heteroatoms. The molecule has 2 heterocycles. The van der Waals surface area contributed by atoms with Crippen LogP contribution in [0.4, 0.5) is 4.79 Å². The Hall–Kier alpha value is -1.10. The number of rotatable bonds is 0. The van der Waals surface area contributed by atoms with Gasteiger partial charge in [-0.15, -0.1) is 11.3 Å². The maximum absolute atomic E-state index is 10.6. The molecule has 0 saturated heterocycles. The summed E-state index contributed by atoms with van der Waals surface area (Å²) in [4.78, 5) is 17.2. The van der Waals surface area contributed by atoms with Gasteiger partial charge in [0.25, 0.3) is 0 Å². The molecular formula is C7H8N2O2S. The minimum Gasteiger partial charge on any atom is -0.465 e. The van der Waals surface area contributed by atoms with Gasteiger partial charge in [-0.25, -0.2) is 9.78 Å². The summed E-state index contributed by atoms with van der Waals surface area (Å²) in [6.45, 7) is 1.08. The second-order valence-corrected chi connectivity index (χ2v) is 3.62. The van der Waals surface area contributed by atoms with Crippen molar-refractivity contribution in [1.29, 1.82) is 0 Å². The average molecular weight is 184 g/mol. The smallest absolute Gasteiger partial charge is 0.407 e. The van der Waals surface area contributed by atoms with Crippen LogP contribution < -0.4 is 0 Å². The largest absolute Gasteiger partial charge is 0.465 e. The Labute approximate surface area is 73.5 Å². The van der Waals surface area contributed by atoms with E-state index in [9.17, 15) is 4.79 Å². The van der Waals surface area contributed by atoms with Crippen molar-refractivity contribution in [2.24, 2.45) is 0 Å². The van der Waals surface area contributed by atoms with E-state index in [0.29, 0.717) is 13.1 Å². The molecule has 1 aliphatic rings. The Kier molecular flexibility index (Phi) is 1.73. The minimum absolute atomic E-state index is 0.509. The minimum atomic E-state index is -0.839. The molecule has 1 aliphatic heterocycles. The molecule has 0 saturated carbocycles. The van der Waals surface area contributed by atoms with E-state index in [-0.39, 0.29) is 0 Å². The SMILES string of the molecule is O=C(O)N1CCc2ncsc2C1. The van der Waals surface area contributed by atoms with Crippen LogP contribution in [-0.4, -0.2) is 27.6 Å². The quantitative estimate of drug-likeness (QED) is 0.658. The molecule has 1 aromatic rings. The van der Waals surface area contributed by atoms with Gasteiger partial charge in [-0.1, -0.05) is 0 Å². The molecule has 0 bridgehead atoms. The third kappa shape index (κ3) is 1.16. The van der Waals surface area contributed by atoms with Gasteiger partial charge in [0.05, 0.1) is 17.7 Å². The highest BCUT2D eigenvalue weighted by Gasteiger charge is 2.21. The Balaban J connectivity index is 2.20. The van der Waals surface area contributed by atoms with E-state index in [1.807, 2.05) is 0 Å². The fourth-order valence-corrected chi connectivity index (χ4v) is 2.11. The molecule has 0 spiro atoms. The Morgan fingerprint density at radius 3 is 3.33 bits per heavy atom. The lowest BCUT2D eigenvalue weighted by atomic mass is 10.2. The maximum atomic E-state index is 10.6. The lowest BCUT2D eigenvalue weighted by molar-refractivity contribution is 0.140. The summed E-state index contributed by atoms with van der Waals surface area (Å²) in [5.74, 6) is 0. The molecular weight excluding hydrogens is 176 g/mol. The van der Waals surface area contributed by atoms with E-state index < -0.39 is 6.09 Å². The van der Waals surface area contributed by atoms with E-state index >= 15 is 0 Å². The van der Waals surface area contributed by atoms with Crippen LogP contribution in [0.1, 0.15) is 10.6 Å². The van der Waals surface area contributed by atoms with E-state index in [4.69, 9.17) is 5.11 Å².